The number of likely N-dealkylation sites (tertiary alicyclic amines) is 1. The molecule has 0 bridgehead atoms. The molecule has 1 aromatic carbocycles. The molecule has 0 aliphatic carbocycles. The summed E-state index contributed by atoms with van der Waals surface area (Å²) in [5.41, 5.74) is 2.42. The van der Waals surface area contributed by atoms with Crippen molar-refractivity contribution in [2.45, 2.75) is 32.1 Å². The van der Waals surface area contributed by atoms with Gasteiger partial charge in [-0.3, -0.25) is 4.79 Å². The van der Waals surface area contributed by atoms with Crippen LogP contribution in [0.5, 0.6) is 0 Å². The van der Waals surface area contributed by atoms with Crippen LogP contribution in [0.2, 0.25) is 0 Å². The minimum absolute atomic E-state index is 0.286. The van der Waals surface area contributed by atoms with Gasteiger partial charge in [0.15, 0.2) is 0 Å². The first-order valence-corrected chi connectivity index (χ1v) is 8.19. The van der Waals surface area contributed by atoms with Crippen LogP contribution in [-0.2, 0) is 4.79 Å². The molecule has 2 saturated heterocycles. The average molecular weight is 287 g/mol. The van der Waals surface area contributed by atoms with Crippen LogP contribution in [0, 0.1) is 0 Å². The smallest absolute Gasteiger partial charge is 0.224 e. The normalized spacial score (nSPS) is 18.3. The van der Waals surface area contributed by atoms with E-state index in [1.54, 1.807) is 0 Å². The van der Waals surface area contributed by atoms with Crippen molar-refractivity contribution in [2.24, 2.45) is 0 Å². The van der Waals surface area contributed by atoms with Gasteiger partial charge in [-0.1, -0.05) is 0 Å². The molecule has 4 heteroatoms. The highest BCUT2D eigenvalue weighted by atomic mass is 16.2. The zero-order chi connectivity index (χ0) is 14.5. The highest BCUT2D eigenvalue weighted by molar-refractivity contribution is 5.77. The van der Waals surface area contributed by atoms with Crippen LogP contribution >= 0.6 is 0 Å². The molecule has 1 N–H and O–H groups in total. The van der Waals surface area contributed by atoms with Crippen LogP contribution < -0.4 is 10.2 Å². The molecule has 2 aliphatic rings. The van der Waals surface area contributed by atoms with Crippen molar-refractivity contribution in [1.29, 1.82) is 0 Å². The molecule has 2 heterocycles. The van der Waals surface area contributed by atoms with E-state index in [1.165, 1.54) is 31.6 Å². The Labute approximate surface area is 127 Å². The summed E-state index contributed by atoms with van der Waals surface area (Å²) in [4.78, 5) is 16.4. The van der Waals surface area contributed by atoms with Gasteiger partial charge in [0.1, 0.15) is 0 Å². The molecule has 2 fully saturated rings. The number of rotatable bonds is 5. The van der Waals surface area contributed by atoms with E-state index >= 15 is 0 Å². The van der Waals surface area contributed by atoms with Crippen LogP contribution in [-0.4, -0.2) is 43.5 Å². The fraction of sp³-hybridized carbons (Fsp3) is 0.588. The van der Waals surface area contributed by atoms with Crippen LogP contribution in [0.15, 0.2) is 24.3 Å². The minimum atomic E-state index is 0.286. The first kappa shape index (κ1) is 14.2. The zero-order valence-corrected chi connectivity index (χ0v) is 12.7. The van der Waals surface area contributed by atoms with Crippen molar-refractivity contribution >= 4 is 17.3 Å². The van der Waals surface area contributed by atoms with Gasteiger partial charge < -0.3 is 15.1 Å². The number of carbonyl (C=O) groups is 1. The third-order valence-corrected chi connectivity index (χ3v) is 4.47. The summed E-state index contributed by atoms with van der Waals surface area (Å²) >= 11 is 0. The van der Waals surface area contributed by atoms with Gasteiger partial charge in [-0.15, -0.1) is 0 Å². The molecule has 0 atom stereocenters. The first-order chi connectivity index (χ1) is 10.3. The summed E-state index contributed by atoms with van der Waals surface area (Å²) in [5, 5.41) is 3.35. The summed E-state index contributed by atoms with van der Waals surface area (Å²) in [6, 6.07) is 8.59. The van der Waals surface area contributed by atoms with E-state index in [2.05, 4.69) is 34.5 Å². The molecule has 0 saturated carbocycles. The molecule has 3 rings (SSSR count). The van der Waals surface area contributed by atoms with E-state index in [0.717, 1.165) is 38.2 Å². The number of hydrogen-bond donors (Lipinski definition) is 1. The van der Waals surface area contributed by atoms with Gasteiger partial charge in [-0.25, -0.2) is 0 Å². The SMILES string of the molecule is O=C(CCNc1ccc(N2CCCC2)cc1)N1CCCC1. The second-order valence-corrected chi connectivity index (χ2v) is 6.01. The van der Waals surface area contributed by atoms with Crippen molar-refractivity contribution in [1.82, 2.24) is 4.90 Å². The van der Waals surface area contributed by atoms with E-state index in [9.17, 15) is 4.79 Å². The molecule has 2 aliphatic heterocycles. The zero-order valence-electron chi connectivity index (χ0n) is 12.7. The Morgan fingerprint density at radius 2 is 1.57 bits per heavy atom. The van der Waals surface area contributed by atoms with Crippen LogP contribution in [0.1, 0.15) is 32.1 Å². The molecule has 4 nitrogen and oxygen atoms in total. The third-order valence-electron chi connectivity index (χ3n) is 4.47. The van der Waals surface area contributed by atoms with Crippen molar-refractivity contribution in [3.05, 3.63) is 24.3 Å². The average Bonchev–Trinajstić information content (AvgIpc) is 3.21. The second kappa shape index (κ2) is 6.83. The first-order valence-electron chi connectivity index (χ1n) is 8.19. The number of anilines is 2. The van der Waals surface area contributed by atoms with E-state index in [1.807, 2.05) is 4.90 Å². The van der Waals surface area contributed by atoms with Gasteiger partial charge >= 0.3 is 0 Å². The molecule has 0 unspecified atom stereocenters. The lowest BCUT2D eigenvalue weighted by atomic mass is 10.2. The fourth-order valence-electron chi connectivity index (χ4n) is 3.20. The Kier molecular flexibility index (Phi) is 4.63. The predicted molar refractivity (Wildman–Crippen MR) is 86.8 cm³/mol. The molecular weight excluding hydrogens is 262 g/mol. The molecule has 1 amide bonds. The molecule has 0 aromatic heterocycles. The topological polar surface area (TPSA) is 35.6 Å². The van der Waals surface area contributed by atoms with Crippen LogP contribution in [0.25, 0.3) is 0 Å². The van der Waals surface area contributed by atoms with Gasteiger partial charge in [0, 0.05) is 50.5 Å². The van der Waals surface area contributed by atoms with Crippen molar-refractivity contribution < 1.29 is 4.79 Å². The lowest BCUT2D eigenvalue weighted by Gasteiger charge is -2.18. The van der Waals surface area contributed by atoms with Crippen LogP contribution in [0.4, 0.5) is 11.4 Å². The minimum Gasteiger partial charge on any atom is -0.385 e. The Morgan fingerprint density at radius 3 is 2.24 bits per heavy atom. The van der Waals surface area contributed by atoms with Gasteiger partial charge in [-0.2, -0.15) is 0 Å². The highest BCUT2D eigenvalue weighted by Gasteiger charge is 2.17. The van der Waals surface area contributed by atoms with E-state index in [4.69, 9.17) is 0 Å². The summed E-state index contributed by atoms with van der Waals surface area (Å²) in [6.07, 6.45) is 5.53. The molecule has 114 valence electrons. The number of carbonyl (C=O) groups excluding carboxylic acids is 1. The standard InChI is InChI=1S/C17H25N3O/c21-17(20-13-3-4-14-20)9-10-18-15-5-7-16(8-6-15)19-11-1-2-12-19/h5-8,18H,1-4,9-14H2. The molecular formula is C17H25N3O. The van der Waals surface area contributed by atoms with Crippen LogP contribution in [0.3, 0.4) is 0 Å². The third kappa shape index (κ3) is 3.69. The summed E-state index contributed by atoms with van der Waals surface area (Å²) in [6.45, 7) is 4.97. The Bertz CT molecular complexity index is 459. The molecule has 0 radical (unpaired) electrons. The maximum atomic E-state index is 11.9. The predicted octanol–water partition coefficient (Wildman–Crippen LogP) is 2.71. The lowest BCUT2D eigenvalue weighted by molar-refractivity contribution is -0.129. The Balaban J connectivity index is 1.43. The van der Waals surface area contributed by atoms with Crippen molar-refractivity contribution in [3.63, 3.8) is 0 Å². The highest BCUT2D eigenvalue weighted by Crippen LogP contribution is 2.22. The Morgan fingerprint density at radius 1 is 0.952 bits per heavy atom. The van der Waals surface area contributed by atoms with Crippen molar-refractivity contribution in [3.8, 4) is 0 Å². The number of amides is 1. The van der Waals surface area contributed by atoms with Gasteiger partial charge in [-0.05, 0) is 49.9 Å². The monoisotopic (exact) mass is 287 g/mol. The summed E-state index contributed by atoms with van der Waals surface area (Å²) in [7, 11) is 0. The summed E-state index contributed by atoms with van der Waals surface area (Å²) < 4.78 is 0. The number of hydrogen-bond acceptors (Lipinski definition) is 3. The van der Waals surface area contributed by atoms with E-state index in [0.29, 0.717) is 6.42 Å². The maximum Gasteiger partial charge on any atom is 0.224 e. The molecule has 1 aromatic rings. The number of nitrogens with zero attached hydrogens (tertiary/aromatic N) is 2. The van der Waals surface area contributed by atoms with E-state index in [-0.39, 0.29) is 5.91 Å². The largest absolute Gasteiger partial charge is 0.385 e. The summed E-state index contributed by atoms with van der Waals surface area (Å²) in [5.74, 6) is 0.286. The fourth-order valence-corrected chi connectivity index (χ4v) is 3.20. The second-order valence-electron chi connectivity index (χ2n) is 6.01. The molecule has 0 spiro atoms. The van der Waals surface area contributed by atoms with Gasteiger partial charge in [0.2, 0.25) is 5.91 Å². The van der Waals surface area contributed by atoms with E-state index < -0.39 is 0 Å². The number of benzene rings is 1. The van der Waals surface area contributed by atoms with Gasteiger partial charge in [0.05, 0.1) is 0 Å². The quantitative estimate of drug-likeness (QED) is 0.904. The number of nitrogens with one attached hydrogen (secondary N) is 1. The Hall–Kier alpha value is -1.71. The van der Waals surface area contributed by atoms with Crippen molar-refractivity contribution in [2.75, 3.05) is 42.9 Å². The maximum absolute atomic E-state index is 11.9. The molecule has 21 heavy (non-hydrogen) atoms. The van der Waals surface area contributed by atoms with Gasteiger partial charge in [0.25, 0.3) is 0 Å². The lowest BCUT2D eigenvalue weighted by Crippen LogP contribution is -2.29.